The largest absolute Gasteiger partial charge is 0.444 e. The van der Waals surface area contributed by atoms with E-state index in [-0.39, 0.29) is 18.5 Å². The van der Waals surface area contributed by atoms with Gasteiger partial charge in [-0.1, -0.05) is 44.2 Å². The number of aryl methyl sites for hydroxylation is 2. The van der Waals surface area contributed by atoms with Crippen molar-refractivity contribution in [2.75, 3.05) is 18.0 Å². The lowest BCUT2D eigenvalue weighted by molar-refractivity contribution is 0.0500. The Hall–Kier alpha value is -4.41. The molecular formula is C32H41N7O4. The van der Waals surface area contributed by atoms with Gasteiger partial charge in [0.2, 0.25) is 5.95 Å². The van der Waals surface area contributed by atoms with Crippen molar-refractivity contribution in [1.29, 1.82) is 0 Å². The van der Waals surface area contributed by atoms with Crippen molar-refractivity contribution in [1.82, 2.24) is 29.0 Å². The highest BCUT2D eigenvalue weighted by atomic mass is 16.6. The van der Waals surface area contributed by atoms with E-state index in [0.29, 0.717) is 35.9 Å². The highest BCUT2D eigenvalue weighted by molar-refractivity contribution is 5.85. The Bertz CT molecular complexity index is 1820. The number of amides is 1. The molecule has 1 saturated heterocycles. The van der Waals surface area contributed by atoms with Gasteiger partial charge in [0.05, 0.1) is 12.2 Å². The second-order valence-electron chi connectivity index (χ2n) is 12.6. The van der Waals surface area contributed by atoms with E-state index in [4.69, 9.17) is 14.7 Å². The van der Waals surface area contributed by atoms with Gasteiger partial charge in [-0.2, -0.15) is 4.98 Å². The van der Waals surface area contributed by atoms with Crippen LogP contribution in [0.15, 0.2) is 46.0 Å². The van der Waals surface area contributed by atoms with Crippen molar-refractivity contribution in [3.63, 3.8) is 0 Å². The number of carbonyl (C=O) groups is 1. The van der Waals surface area contributed by atoms with Gasteiger partial charge in [0.25, 0.3) is 5.56 Å². The van der Waals surface area contributed by atoms with Gasteiger partial charge in [0.1, 0.15) is 5.60 Å². The molecule has 5 rings (SSSR count). The number of carbonyl (C=O) groups excluding carboxylic acids is 1. The van der Waals surface area contributed by atoms with Crippen LogP contribution in [-0.4, -0.2) is 54.5 Å². The Kier molecular flexibility index (Phi) is 8.18. The topological polar surface area (TPSA) is 116 Å². The summed E-state index contributed by atoms with van der Waals surface area (Å²) in [5.41, 5.74) is 0.595. The summed E-state index contributed by atoms with van der Waals surface area (Å²) in [6, 6.07) is 9.67. The number of anilines is 1. The zero-order chi connectivity index (χ0) is 31.1. The van der Waals surface area contributed by atoms with Gasteiger partial charge in [-0.05, 0) is 57.9 Å². The highest BCUT2D eigenvalue weighted by Crippen LogP contribution is 2.25. The van der Waals surface area contributed by atoms with Gasteiger partial charge in [-0.3, -0.25) is 23.5 Å². The van der Waals surface area contributed by atoms with Crippen LogP contribution in [-0.2, 0) is 18.3 Å². The number of alkyl carbamates (subject to hydrolysis) is 1. The number of rotatable bonds is 6. The first-order chi connectivity index (χ1) is 20.3. The second-order valence-corrected chi connectivity index (χ2v) is 12.6. The fourth-order valence-corrected chi connectivity index (χ4v) is 5.53. The average molecular weight is 588 g/mol. The van der Waals surface area contributed by atoms with E-state index in [1.54, 1.807) is 11.6 Å². The Labute approximate surface area is 250 Å². The minimum absolute atomic E-state index is 0.0314. The number of fused-ring (bicyclic) bond motifs is 2. The SMILES string of the molecule is Cc1cc2ccccc2c(Cn2c(=O)c3c(nc(N4CCC[C@@H](NC(=O)OC(C)(C)C)C4)n3/C=C/C(C)C)n(C)c2=O)n1. The standard InChI is InChI=1S/C32H41N7O4/c1-20(2)14-16-38-26-27(35-29(38)37-15-10-12-23(18-37)34-30(41)43-32(4,5)6)36(7)31(42)39(28(26)40)19-25-24-13-9-8-11-22(24)17-21(3)33-25/h8-9,11,13-14,16-17,20,23H,10,12,15,18-19H2,1-7H3,(H,34,41)/b16-14+/t23-/m1/s1. The number of piperidine rings is 1. The summed E-state index contributed by atoms with van der Waals surface area (Å²) in [6.07, 6.45) is 5.00. The summed E-state index contributed by atoms with van der Waals surface area (Å²) in [7, 11) is 1.64. The van der Waals surface area contributed by atoms with Gasteiger partial charge in [-0.15, -0.1) is 0 Å². The molecule has 11 heteroatoms. The molecule has 1 fully saturated rings. The van der Waals surface area contributed by atoms with Crippen LogP contribution >= 0.6 is 0 Å². The first kappa shape index (κ1) is 30.1. The normalized spacial score (nSPS) is 16.1. The Morgan fingerprint density at radius 2 is 1.93 bits per heavy atom. The Morgan fingerprint density at radius 1 is 1.19 bits per heavy atom. The molecule has 1 amide bonds. The van der Waals surface area contributed by atoms with E-state index < -0.39 is 22.9 Å². The molecule has 1 aliphatic heterocycles. The van der Waals surface area contributed by atoms with Crippen LogP contribution in [0.5, 0.6) is 0 Å². The van der Waals surface area contributed by atoms with Crippen molar-refractivity contribution in [3.8, 4) is 0 Å². The smallest absolute Gasteiger partial charge is 0.407 e. The molecule has 228 valence electrons. The van der Waals surface area contributed by atoms with Crippen LogP contribution in [0.4, 0.5) is 10.7 Å². The molecule has 1 atom stereocenters. The molecule has 3 aromatic heterocycles. The predicted molar refractivity (Wildman–Crippen MR) is 170 cm³/mol. The molecule has 1 aliphatic rings. The van der Waals surface area contributed by atoms with Gasteiger partial charge >= 0.3 is 11.8 Å². The first-order valence-electron chi connectivity index (χ1n) is 14.8. The molecule has 11 nitrogen and oxygen atoms in total. The number of pyridine rings is 1. The second kappa shape index (κ2) is 11.7. The van der Waals surface area contributed by atoms with Crippen LogP contribution in [0.3, 0.4) is 0 Å². The highest BCUT2D eigenvalue weighted by Gasteiger charge is 2.29. The minimum Gasteiger partial charge on any atom is -0.444 e. The lowest BCUT2D eigenvalue weighted by Crippen LogP contribution is -2.49. The van der Waals surface area contributed by atoms with Gasteiger partial charge in [-0.25, -0.2) is 9.59 Å². The molecule has 0 spiro atoms. The fraction of sp³-hybridized carbons (Fsp3) is 0.469. The van der Waals surface area contributed by atoms with Crippen LogP contribution in [0.25, 0.3) is 28.1 Å². The van der Waals surface area contributed by atoms with Crippen LogP contribution < -0.4 is 21.5 Å². The molecule has 0 bridgehead atoms. The van der Waals surface area contributed by atoms with E-state index in [2.05, 4.69) is 24.1 Å². The quantitative estimate of drug-likeness (QED) is 0.355. The lowest BCUT2D eigenvalue weighted by Gasteiger charge is -2.34. The summed E-state index contributed by atoms with van der Waals surface area (Å²) < 4.78 is 9.92. The zero-order valence-electron chi connectivity index (χ0n) is 26.0. The number of allylic oxidation sites excluding steroid dienone is 1. The minimum atomic E-state index is -0.598. The number of imidazole rings is 1. The number of benzene rings is 1. The summed E-state index contributed by atoms with van der Waals surface area (Å²) in [6.45, 7) is 12.7. The van der Waals surface area contributed by atoms with E-state index in [9.17, 15) is 14.4 Å². The first-order valence-corrected chi connectivity index (χ1v) is 14.8. The van der Waals surface area contributed by atoms with Crippen LogP contribution in [0.1, 0.15) is 58.8 Å². The monoisotopic (exact) mass is 587 g/mol. The third kappa shape index (κ3) is 6.35. The van der Waals surface area contributed by atoms with Crippen molar-refractivity contribution in [3.05, 3.63) is 68.6 Å². The maximum atomic E-state index is 14.2. The predicted octanol–water partition coefficient (Wildman–Crippen LogP) is 4.42. The summed E-state index contributed by atoms with van der Waals surface area (Å²) in [5, 5.41) is 4.88. The van der Waals surface area contributed by atoms with Gasteiger partial charge in [0.15, 0.2) is 11.2 Å². The molecule has 0 radical (unpaired) electrons. The number of hydrogen-bond donors (Lipinski definition) is 1. The number of nitrogens with one attached hydrogen (secondary N) is 1. The molecule has 0 aliphatic carbocycles. The molecule has 1 aromatic carbocycles. The average Bonchev–Trinajstić information content (AvgIpc) is 3.32. The number of hydrogen-bond acceptors (Lipinski definition) is 7. The van der Waals surface area contributed by atoms with Crippen molar-refractivity contribution in [2.24, 2.45) is 13.0 Å². The van der Waals surface area contributed by atoms with Gasteiger partial charge in [0, 0.05) is 43.5 Å². The Balaban J connectivity index is 1.60. The molecular weight excluding hydrogens is 546 g/mol. The number of ether oxygens (including phenoxy) is 1. The van der Waals surface area contributed by atoms with Crippen molar-refractivity contribution < 1.29 is 9.53 Å². The summed E-state index contributed by atoms with van der Waals surface area (Å²) >= 11 is 0. The molecule has 4 heterocycles. The van der Waals surface area contributed by atoms with E-state index in [1.165, 1.54) is 9.13 Å². The van der Waals surface area contributed by atoms with Crippen molar-refractivity contribution in [2.45, 2.75) is 72.6 Å². The maximum Gasteiger partial charge on any atom is 0.407 e. The zero-order valence-corrected chi connectivity index (χ0v) is 26.0. The third-order valence-corrected chi connectivity index (χ3v) is 7.46. The molecule has 43 heavy (non-hydrogen) atoms. The number of nitrogens with zero attached hydrogens (tertiary/aromatic N) is 6. The molecule has 1 N–H and O–H groups in total. The van der Waals surface area contributed by atoms with Gasteiger partial charge < -0.3 is 15.0 Å². The van der Waals surface area contributed by atoms with E-state index in [1.807, 2.05) is 70.3 Å². The van der Waals surface area contributed by atoms with Crippen LogP contribution in [0, 0.1) is 12.8 Å². The molecule has 0 unspecified atom stereocenters. The maximum absolute atomic E-state index is 14.2. The molecule has 0 saturated carbocycles. The van der Waals surface area contributed by atoms with Crippen LogP contribution in [0.2, 0.25) is 0 Å². The number of aromatic nitrogens is 5. The van der Waals surface area contributed by atoms with E-state index >= 15 is 0 Å². The summed E-state index contributed by atoms with van der Waals surface area (Å²) in [5.74, 6) is 0.762. The summed E-state index contributed by atoms with van der Waals surface area (Å²) in [4.78, 5) is 51.9. The Morgan fingerprint density at radius 3 is 2.65 bits per heavy atom. The molecule has 4 aromatic rings. The third-order valence-electron chi connectivity index (χ3n) is 7.46. The van der Waals surface area contributed by atoms with E-state index in [0.717, 1.165) is 29.3 Å². The fourth-order valence-electron chi connectivity index (χ4n) is 5.53. The lowest BCUT2D eigenvalue weighted by atomic mass is 10.1. The van der Waals surface area contributed by atoms with Crippen molar-refractivity contribution >= 4 is 40.2 Å².